The van der Waals surface area contributed by atoms with Crippen molar-refractivity contribution in [3.63, 3.8) is 0 Å². The molecule has 0 bridgehead atoms. The number of nitrogens with one attached hydrogen (secondary N) is 4. The largest absolute Gasteiger partial charge is 0.357 e. The van der Waals surface area contributed by atoms with Crippen LogP contribution in [0.4, 0.5) is 5.69 Å². The minimum Gasteiger partial charge on any atom is -0.357 e. The summed E-state index contributed by atoms with van der Waals surface area (Å²) in [6.45, 7) is 2.15. The predicted molar refractivity (Wildman–Crippen MR) is 156 cm³/mol. The maximum atomic E-state index is 4.92. The normalized spacial score (nSPS) is 25.4. The van der Waals surface area contributed by atoms with E-state index < -0.39 is 0 Å². The molecule has 3 aliphatic rings. The van der Waals surface area contributed by atoms with Crippen molar-refractivity contribution in [3.8, 4) is 0 Å². The molecule has 3 fully saturated rings. The molecule has 0 saturated carbocycles. The summed E-state index contributed by atoms with van der Waals surface area (Å²) in [5.74, 6) is 2.15. The monoisotopic (exact) mass is 517 g/mol. The Bertz CT molecular complexity index is 1510. The fourth-order valence-electron chi connectivity index (χ4n) is 7.10. The number of para-hydroxylation sites is 1. The number of hydrogen-bond donors (Lipinski definition) is 4. The lowest BCUT2D eigenvalue weighted by atomic mass is 10.0. The van der Waals surface area contributed by atoms with Crippen LogP contribution in [0.5, 0.6) is 0 Å². The molecule has 5 heterocycles. The first-order valence-electron chi connectivity index (χ1n) is 14.6. The zero-order valence-electron chi connectivity index (χ0n) is 22.2. The van der Waals surface area contributed by atoms with Crippen molar-refractivity contribution < 1.29 is 0 Å². The molecule has 4 N–H and O–H groups in total. The molecular weight excluding hydrogens is 482 g/mol. The SMILES string of the molecule is c1ccc(N2C(c3ccc4nc([C@@H]5CCCN5)[nH]c4c3)CC[C@@H]2c2ccc3nc([C@@H]4CCCN4)[nH]c3c2)cc1. The van der Waals surface area contributed by atoms with E-state index in [-0.39, 0.29) is 0 Å². The predicted octanol–water partition coefficient (Wildman–Crippen LogP) is 6.37. The van der Waals surface area contributed by atoms with E-state index in [4.69, 9.17) is 9.97 Å². The molecule has 0 aliphatic carbocycles. The highest BCUT2D eigenvalue weighted by molar-refractivity contribution is 5.78. The highest BCUT2D eigenvalue weighted by Gasteiger charge is 2.36. The second-order valence-electron chi connectivity index (χ2n) is 11.4. The summed E-state index contributed by atoms with van der Waals surface area (Å²) in [7, 11) is 0. The molecule has 39 heavy (non-hydrogen) atoms. The van der Waals surface area contributed by atoms with E-state index in [1.807, 2.05) is 0 Å². The zero-order valence-corrected chi connectivity index (χ0v) is 22.2. The van der Waals surface area contributed by atoms with Crippen LogP contribution in [-0.2, 0) is 0 Å². The van der Waals surface area contributed by atoms with Gasteiger partial charge in [-0.1, -0.05) is 30.3 Å². The van der Waals surface area contributed by atoms with Crippen molar-refractivity contribution in [1.82, 2.24) is 30.6 Å². The topological polar surface area (TPSA) is 84.7 Å². The molecule has 0 spiro atoms. The summed E-state index contributed by atoms with van der Waals surface area (Å²) in [6, 6.07) is 25.9. The highest BCUT2D eigenvalue weighted by Crippen LogP contribution is 2.47. The Hall–Kier alpha value is -3.68. The summed E-state index contributed by atoms with van der Waals surface area (Å²) in [5.41, 5.74) is 8.35. The summed E-state index contributed by atoms with van der Waals surface area (Å²) in [6.07, 6.45) is 6.94. The Labute approximate surface area is 228 Å². The molecule has 3 saturated heterocycles. The first-order chi connectivity index (χ1) is 19.3. The molecule has 8 rings (SSSR count). The maximum absolute atomic E-state index is 4.92. The van der Waals surface area contributed by atoms with Crippen molar-refractivity contribution in [2.45, 2.75) is 62.7 Å². The summed E-state index contributed by atoms with van der Waals surface area (Å²) in [5, 5.41) is 7.15. The van der Waals surface area contributed by atoms with Gasteiger partial charge in [0.2, 0.25) is 0 Å². The number of aromatic nitrogens is 4. The molecule has 2 aromatic heterocycles. The van der Waals surface area contributed by atoms with Crippen LogP contribution in [0.3, 0.4) is 0 Å². The van der Waals surface area contributed by atoms with Gasteiger partial charge in [0.25, 0.3) is 0 Å². The van der Waals surface area contributed by atoms with Gasteiger partial charge in [-0.25, -0.2) is 9.97 Å². The summed E-state index contributed by atoms with van der Waals surface area (Å²) >= 11 is 0. The van der Waals surface area contributed by atoms with Gasteiger partial charge in [-0.3, -0.25) is 0 Å². The third-order valence-corrected chi connectivity index (χ3v) is 9.04. The van der Waals surface area contributed by atoms with E-state index >= 15 is 0 Å². The van der Waals surface area contributed by atoms with Crippen LogP contribution in [0, 0.1) is 0 Å². The molecule has 1 unspecified atom stereocenters. The van der Waals surface area contributed by atoms with E-state index in [2.05, 4.69) is 92.2 Å². The van der Waals surface area contributed by atoms with Crippen LogP contribution in [0.15, 0.2) is 66.7 Å². The number of nitrogens with zero attached hydrogens (tertiary/aromatic N) is 3. The van der Waals surface area contributed by atoms with Gasteiger partial charge in [0.1, 0.15) is 11.6 Å². The van der Waals surface area contributed by atoms with E-state index in [1.54, 1.807) is 0 Å². The molecule has 4 atom stereocenters. The van der Waals surface area contributed by atoms with E-state index in [0.29, 0.717) is 24.2 Å². The Morgan fingerprint density at radius 3 is 1.64 bits per heavy atom. The van der Waals surface area contributed by atoms with E-state index in [0.717, 1.165) is 72.5 Å². The molecule has 0 radical (unpaired) electrons. The second kappa shape index (κ2) is 9.50. The van der Waals surface area contributed by atoms with Crippen LogP contribution >= 0.6 is 0 Å². The van der Waals surface area contributed by atoms with E-state index in [1.165, 1.54) is 29.7 Å². The van der Waals surface area contributed by atoms with Crippen molar-refractivity contribution in [2.75, 3.05) is 18.0 Å². The zero-order chi connectivity index (χ0) is 25.8. The number of imidazole rings is 2. The molecule has 7 heteroatoms. The van der Waals surface area contributed by atoms with Crippen LogP contribution in [0.25, 0.3) is 22.1 Å². The number of anilines is 1. The molecule has 0 amide bonds. The minimum absolute atomic E-state index is 0.300. The first kappa shape index (κ1) is 23.2. The molecule has 7 nitrogen and oxygen atoms in total. The number of H-pyrrole nitrogens is 2. The molecule has 3 aromatic carbocycles. The van der Waals surface area contributed by atoms with Gasteiger partial charge in [0.15, 0.2) is 0 Å². The van der Waals surface area contributed by atoms with Crippen molar-refractivity contribution in [3.05, 3.63) is 89.5 Å². The fourth-order valence-corrected chi connectivity index (χ4v) is 7.10. The first-order valence-corrected chi connectivity index (χ1v) is 14.6. The highest BCUT2D eigenvalue weighted by atomic mass is 15.2. The molecule has 5 aromatic rings. The third-order valence-electron chi connectivity index (χ3n) is 9.04. The van der Waals surface area contributed by atoms with Crippen LogP contribution in [-0.4, -0.2) is 33.0 Å². The number of rotatable bonds is 5. The summed E-state index contributed by atoms with van der Waals surface area (Å²) < 4.78 is 0. The molecular formula is C32H35N7. The third kappa shape index (κ3) is 4.12. The van der Waals surface area contributed by atoms with Crippen molar-refractivity contribution in [1.29, 1.82) is 0 Å². The number of fused-ring (bicyclic) bond motifs is 2. The Morgan fingerprint density at radius 1 is 0.615 bits per heavy atom. The van der Waals surface area contributed by atoms with Crippen LogP contribution in [0.1, 0.15) is 85.5 Å². The van der Waals surface area contributed by atoms with Gasteiger partial charge in [0.05, 0.1) is 46.2 Å². The Balaban J connectivity index is 1.15. The van der Waals surface area contributed by atoms with Gasteiger partial charge in [-0.15, -0.1) is 0 Å². The Morgan fingerprint density at radius 2 is 1.15 bits per heavy atom. The number of hydrogen-bond acceptors (Lipinski definition) is 5. The van der Waals surface area contributed by atoms with Crippen LogP contribution < -0.4 is 15.5 Å². The smallest absolute Gasteiger partial charge is 0.124 e. The number of benzene rings is 3. The lowest BCUT2D eigenvalue weighted by Gasteiger charge is -2.33. The second-order valence-corrected chi connectivity index (χ2v) is 11.4. The van der Waals surface area contributed by atoms with E-state index in [9.17, 15) is 0 Å². The minimum atomic E-state index is 0.300. The molecule has 198 valence electrons. The fraction of sp³-hybridized carbons (Fsp3) is 0.375. The van der Waals surface area contributed by atoms with Gasteiger partial charge < -0.3 is 25.5 Å². The van der Waals surface area contributed by atoms with Gasteiger partial charge in [-0.05, 0) is 99.1 Å². The average molecular weight is 518 g/mol. The van der Waals surface area contributed by atoms with Crippen LogP contribution in [0.2, 0.25) is 0 Å². The van der Waals surface area contributed by atoms with Crippen molar-refractivity contribution in [2.24, 2.45) is 0 Å². The van der Waals surface area contributed by atoms with Gasteiger partial charge >= 0.3 is 0 Å². The average Bonchev–Trinajstić information content (AvgIpc) is 3.80. The lowest BCUT2D eigenvalue weighted by molar-refractivity contribution is 0.614. The number of aromatic amines is 2. The Kier molecular flexibility index (Phi) is 5.66. The quantitative estimate of drug-likeness (QED) is 0.218. The van der Waals surface area contributed by atoms with Gasteiger partial charge in [0, 0.05) is 5.69 Å². The molecule has 3 aliphatic heterocycles. The van der Waals surface area contributed by atoms with Crippen molar-refractivity contribution >= 4 is 27.8 Å². The standard InChI is InChI=1S/C32H35N7/c1-2-6-22(7-3-1)39-29(20-10-12-23-27(18-20)37-31(35-23)25-8-4-16-33-25)14-15-30(39)21-11-13-24-28(19-21)38-32(36-24)26-9-5-17-34-26/h1-3,6-7,10-13,18-19,25-26,29-30,33-34H,4-5,8-9,14-17H2,(H,35,37)(H,36,38)/t25-,26-,29+,30?/m0/s1. The van der Waals surface area contributed by atoms with Gasteiger partial charge in [-0.2, -0.15) is 0 Å². The maximum Gasteiger partial charge on any atom is 0.124 e. The summed E-state index contributed by atoms with van der Waals surface area (Å²) in [4.78, 5) is 19.7. The lowest BCUT2D eigenvalue weighted by Crippen LogP contribution is -2.26.